The van der Waals surface area contributed by atoms with Crippen LogP contribution in [0.25, 0.3) is 0 Å². The Bertz CT molecular complexity index is 503. The van der Waals surface area contributed by atoms with Gasteiger partial charge < -0.3 is 5.73 Å². The van der Waals surface area contributed by atoms with Crippen LogP contribution < -0.4 is 10.5 Å². The second-order valence-electron chi connectivity index (χ2n) is 4.33. The molecule has 3 N–H and O–H groups in total. The van der Waals surface area contributed by atoms with Crippen LogP contribution in [0.1, 0.15) is 25.8 Å². The molecule has 0 aromatic heterocycles. The number of sulfonamides is 1. The Balaban J connectivity index is 2.91. The summed E-state index contributed by atoms with van der Waals surface area (Å²) in [4.78, 5) is 0.253. The Hall–Kier alpha value is -0.430. The van der Waals surface area contributed by atoms with E-state index in [-0.39, 0.29) is 4.90 Å². The molecule has 6 heteroatoms. The van der Waals surface area contributed by atoms with Gasteiger partial charge in [0.25, 0.3) is 0 Å². The van der Waals surface area contributed by atoms with Crippen molar-refractivity contribution in [1.82, 2.24) is 4.72 Å². The van der Waals surface area contributed by atoms with E-state index in [1.165, 1.54) is 0 Å². The summed E-state index contributed by atoms with van der Waals surface area (Å²) in [6.07, 6.45) is 0.940. The lowest BCUT2D eigenvalue weighted by Gasteiger charge is -2.12. The van der Waals surface area contributed by atoms with E-state index >= 15 is 0 Å². The monoisotopic (exact) mass is 334 g/mol. The largest absolute Gasteiger partial charge is 0.326 e. The quantitative estimate of drug-likeness (QED) is 0.837. The minimum absolute atomic E-state index is 0.253. The number of halogens is 1. The number of benzene rings is 1. The molecule has 0 aliphatic carbocycles. The summed E-state index contributed by atoms with van der Waals surface area (Å²) in [6, 6.07) is 5.03. The number of nitrogens with two attached hydrogens (primary N) is 1. The van der Waals surface area contributed by atoms with Gasteiger partial charge in [0.2, 0.25) is 10.0 Å². The molecule has 18 heavy (non-hydrogen) atoms. The summed E-state index contributed by atoms with van der Waals surface area (Å²) in [5, 5.41) is 0. The Kier molecular flexibility index (Phi) is 5.78. The van der Waals surface area contributed by atoms with Crippen LogP contribution in [0, 0.1) is 5.92 Å². The average Bonchev–Trinajstić information content (AvgIpc) is 2.35. The van der Waals surface area contributed by atoms with Crippen molar-refractivity contribution in [2.24, 2.45) is 11.7 Å². The van der Waals surface area contributed by atoms with Crippen LogP contribution in [-0.2, 0) is 16.6 Å². The van der Waals surface area contributed by atoms with Gasteiger partial charge in [-0.2, -0.15) is 0 Å². The van der Waals surface area contributed by atoms with Gasteiger partial charge in [0.1, 0.15) is 0 Å². The van der Waals surface area contributed by atoms with Crippen LogP contribution in [0.2, 0.25) is 0 Å². The van der Waals surface area contributed by atoms with Gasteiger partial charge in [-0.3, -0.25) is 0 Å². The molecule has 0 saturated carbocycles. The van der Waals surface area contributed by atoms with Crippen molar-refractivity contribution in [3.63, 3.8) is 0 Å². The van der Waals surface area contributed by atoms with Crippen molar-refractivity contribution in [3.05, 3.63) is 28.2 Å². The van der Waals surface area contributed by atoms with Gasteiger partial charge in [0.05, 0.1) is 4.90 Å². The zero-order valence-electron chi connectivity index (χ0n) is 10.6. The minimum atomic E-state index is -3.46. The summed E-state index contributed by atoms with van der Waals surface area (Å²) in [5.74, 6) is 0.321. The summed E-state index contributed by atoms with van der Waals surface area (Å²) < 4.78 is 27.4. The first-order valence-electron chi connectivity index (χ1n) is 5.88. The molecule has 0 radical (unpaired) electrons. The fourth-order valence-electron chi connectivity index (χ4n) is 1.36. The number of rotatable bonds is 6. The van der Waals surface area contributed by atoms with Crippen LogP contribution >= 0.6 is 15.9 Å². The fourth-order valence-corrected chi connectivity index (χ4v) is 3.65. The highest BCUT2D eigenvalue weighted by Crippen LogP contribution is 2.23. The maximum atomic E-state index is 12.1. The molecular weight excluding hydrogens is 316 g/mol. The molecule has 0 aliphatic heterocycles. The molecule has 0 spiro atoms. The third-order valence-electron chi connectivity index (χ3n) is 2.84. The van der Waals surface area contributed by atoms with E-state index in [2.05, 4.69) is 20.7 Å². The Morgan fingerprint density at radius 1 is 1.44 bits per heavy atom. The predicted molar refractivity (Wildman–Crippen MR) is 76.7 cm³/mol. The van der Waals surface area contributed by atoms with Crippen molar-refractivity contribution in [2.75, 3.05) is 6.54 Å². The molecule has 1 aromatic carbocycles. The predicted octanol–water partition coefficient (Wildman–Crippen LogP) is 2.23. The van der Waals surface area contributed by atoms with Gasteiger partial charge in [-0.15, -0.1) is 0 Å². The van der Waals surface area contributed by atoms with E-state index in [0.29, 0.717) is 23.5 Å². The lowest BCUT2D eigenvalue weighted by atomic mass is 10.1. The zero-order valence-corrected chi connectivity index (χ0v) is 13.0. The SMILES string of the molecule is CCC(C)CNS(=O)(=O)c1ccc(CN)cc1Br. The maximum Gasteiger partial charge on any atom is 0.241 e. The second-order valence-corrected chi connectivity index (χ2v) is 6.92. The molecule has 1 atom stereocenters. The third kappa shape index (κ3) is 4.05. The molecule has 0 heterocycles. The lowest BCUT2D eigenvalue weighted by molar-refractivity contribution is 0.528. The number of nitrogens with one attached hydrogen (secondary N) is 1. The Morgan fingerprint density at radius 2 is 2.11 bits per heavy atom. The Morgan fingerprint density at radius 3 is 2.61 bits per heavy atom. The summed E-state index contributed by atoms with van der Waals surface area (Å²) in [5.41, 5.74) is 6.40. The molecule has 1 aromatic rings. The molecule has 0 saturated heterocycles. The normalized spacial score (nSPS) is 13.6. The van der Waals surface area contributed by atoms with Crippen molar-refractivity contribution in [2.45, 2.75) is 31.7 Å². The molecule has 4 nitrogen and oxygen atoms in total. The molecule has 0 bridgehead atoms. The Labute approximate surface area is 117 Å². The van der Waals surface area contributed by atoms with Gasteiger partial charge in [0.15, 0.2) is 0 Å². The van der Waals surface area contributed by atoms with Crippen molar-refractivity contribution in [3.8, 4) is 0 Å². The maximum absolute atomic E-state index is 12.1. The first-order chi connectivity index (χ1) is 8.40. The highest BCUT2D eigenvalue weighted by atomic mass is 79.9. The van der Waals surface area contributed by atoms with Crippen LogP contribution in [0.15, 0.2) is 27.6 Å². The summed E-state index contributed by atoms with van der Waals surface area (Å²) >= 11 is 3.27. The second kappa shape index (κ2) is 6.65. The zero-order chi connectivity index (χ0) is 13.8. The molecule has 102 valence electrons. The van der Waals surface area contributed by atoms with Crippen molar-refractivity contribution >= 4 is 26.0 Å². The van der Waals surface area contributed by atoms with Gasteiger partial charge in [-0.25, -0.2) is 13.1 Å². The van der Waals surface area contributed by atoms with E-state index in [1.807, 2.05) is 13.8 Å². The van der Waals surface area contributed by atoms with Crippen LogP contribution in [0.5, 0.6) is 0 Å². The topological polar surface area (TPSA) is 72.2 Å². The molecule has 0 aliphatic rings. The first-order valence-corrected chi connectivity index (χ1v) is 8.16. The summed E-state index contributed by atoms with van der Waals surface area (Å²) in [6.45, 7) is 4.88. The van der Waals surface area contributed by atoms with E-state index in [4.69, 9.17) is 5.73 Å². The average molecular weight is 335 g/mol. The van der Waals surface area contributed by atoms with E-state index < -0.39 is 10.0 Å². The summed E-state index contributed by atoms with van der Waals surface area (Å²) in [7, 11) is -3.46. The highest BCUT2D eigenvalue weighted by molar-refractivity contribution is 9.10. The van der Waals surface area contributed by atoms with Crippen molar-refractivity contribution in [1.29, 1.82) is 0 Å². The van der Waals surface area contributed by atoms with Crippen LogP contribution in [-0.4, -0.2) is 15.0 Å². The first kappa shape index (κ1) is 15.6. The third-order valence-corrected chi connectivity index (χ3v) is 5.24. The van der Waals surface area contributed by atoms with Crippen molar-refractivity contribution < 1.29 is 8.42 Å². The number of hydrogen-bond acceptors (Lipinski definition) is 3. The van der Waals surface area contributed by atoms with E-state index in [9.17, 15) is 8.42 Å². The van der Waals surface area contributed by atoms with E-state index in [1.54, 1.807) is 18.2 Å². The molecule has 0 fully saturated rings. The van der Waals surface area contributed by atoms with Crippen LogP contribution in [0.4, 0.5) is 0 Å². The van der Waals surface area contributed by atoms with Gasteiger partial charge in [-0.05, 0) is 39.5 Å². The van der Waals surface area contributed by atoms with Gasteiger partial charge >= 0.3 is 0 Å². The van der Waals surface area contributed by atoms with Crippen LogP contribution in [0.3, 0.4) is 0 Å². The molecule has 1 unspecified atom stereocenters. The standard InChI is InChI=1S/C12H19BrN2O2S/c1-3-9(2)8-15-18(16,17)12-5-4-10(7-14)6-11(12)13/h4-6,9,15H,3,7-8,14H2,1-2H3. The van der Waals surface area contributed by atoms with Gasteiger partial charge in [0, 0.05) is 17.6 Å². The number of hydrogen-bond donors (Lipinski definition) is 2. The molecule has 1 rings (SSSR count). The van der Waals surface area contributed by atoms with E-state index in [0.717, 1.165) is 12.0 Å². The molecule has 0 amide bonds. The molecular formula is C12H19BrN2O2S. The fraction of sp³-hybridized carbons (Fsp3) is 0.500. The smallest absolute Gasteiger partial charge is 0.241 e. The minimum Gasteiger partial charge on any atom is -0.326 e. The lowest BCUT2D eigenvalue weighted by Crippen LogP contribution is -2.28. The van der Waals surface area contributed by atoms with Gasteiger partial charge in [-0.1, -0.05) is 26.3 Å². The highest BCUT2D eigenvalue weighted by Gasteiger charge is 2.18.